The molecular formula is C27H28N4O2. The molecule has 1 N–H and O–H groups in total. The first kappa shape index (κ1) is 21.2. The van der Waals surface area contributed by atoms with E-state index in [1.54, 1.807) is 0 Å². The number of anilines is 2. The molecule has 2 aromatic heterocycles. The topological polar surface area (TPSA) is 73.1 Å². The fraction of sp³-hybridized carbons (Fsp3) is 0.296. The van der Waals surface area contributed by atoms with E-state index in [1.807, 2.05) is 62.5 Å². The van der Waals surface area contributed by atoms with E-state index in [4.69, 9.17) is 14.2 Å². The summed E-state index contributed by atoms with van der Waals surface area (Å²) in [6.07, 6.45) is 6.65. The van der Waals surface area contributed by atoms with Crippen LogP contribution in [0.4, 0.5) is 11.6 Å². The van der Waals surface area contributed by atoms with E-state index in [-0.39, 0.29) is 0 Å². The van der Waals surface area contributed by atoms with Gasteiger partial charge >= 0.3 is 0 Å². The molecule has 168 valence electrons. The molecule has 6 heteroatoms. The molecule has 4 aromatic rings. The summed E-state index contributed by atoms with van der Waals surface area (Å²) in [5.74, 6) is 2.57. The molecule has 1 fully saturated rings. The molecule has 1 saturated carbocycles. The van der Waals surface area contributed by atoms with Crippen LogP contribution in [0, 0.1) is 13.8 Å². The zero-order chi connectivity index (χ0) is 22.6. The van der Waals surface area contributed by atoms with Gasteiger partial charge in [0.2, 0.25) is 5.95 Å². The number of nitrogens with one attached hydrogen (secondary N) is 1. The van der Waals surface area contributed by atoms with E-state index in [0.717, 1.165) is 58.1 Å². The minimum Gasteiger partial charge on any atom is -0.489 e. The fourth-order valence-corrected chi connectivity index (χ4v) is 4.44. The Morgan fingerprint density at radius 2 is 1.85 bits per heavy atom. The standard InChI is InChI=1S/C27H28N4O2/c1-18-16-28-27(30-25(18)24-19(2)33-31-26(24)21-11-6-7-12-21)29-22-13-8-14-23(15-22)32-17-20-9-4-3-5-10-20/h3-5,8-10,13-16,21H,6-7,11-12,17H2,1-2H3,(H,28,29,30). The van der Waals surface area contributed by atoms with Gasteiger partial charge in [-0.15, -0.1) is 0 Å². The molecule has 0 unspecified atom stereocenters. The van der Waals surface area contributed by atoms with Crippen molar-refractivity contribution in [2.45, 2.75) is 52.1 Å². The van der Waals surface area contributed by atoms with Gasteiger partial charge < -0.3 is 14.6 Å². The van der Waals surface area contributed by atoms with E-state index in [0.29, 0.717) is 18.5 Å². The van der Waals surface area contributed by atoms with Crippen molar-refractivity contribution >= 4 is 11.6 Å². The Bertz CT molecular complexity index is 1230. The second kappa shape index (κ2) is 9.45. The minimum absolute atomic E-state index is 0.446. The Morgan fingerprint density at radius 1 is 1.03 bits per heavy atom. The molecule has 0 saturated heterocycles. The molecule has 0 radical (unpaired) electrons. The molecule has 1 aliphatic carbocycles. The summed E-state index contributed by atoms with van der Waals surface area (Å²) in [6.45, 7) is 4.51. The van der Waals surface area contributed by atoms with Crippen LogP contribution in [0.15, 0.2) is 65.3 Å². The second-order valence-electron chi connectivity index (χ2n) is 8.63. The quantitative estimate of drug-likeness (QED) is 0.343. The minimum atomic E-state index is 0.446. The second-order valence-corrected chi connectivity index (χ2v) is 8.63. The van der Waals surface area contributed by atoms with Gasteiger partial charge in [-0.1, -0.05) is 54.4 Å². The van der Waals surface area contributed by atoms with Gasteiger partial charge in [0.25, 0.3) is 0 Å². The summed E-state index contributed by atoms with van der Waals surface area (Å²) < 4.78 is 11.6. The smallest absolute Gasteiger partial charge is 0.227 e. The molecule has 0 atom stereocenters. The normalized spacial score (nSPS) is 13.9. The molecule has 1 aliphatic rings. The summed E-state index contributed by atoms with van der Waals surface area (Å²) in [5.41, 5.74) is 5.94. The molecule has 5 rings (SSSR count). The first-order chi connectivity index (χ1) is 16.2. The van der Waals surface area contributed by atoms with Gasteiger partial charge in [0.05, 0.1) is 17.0 Å². The molecule has 0 spiro atoms. The molecule has 0 aliphatic heterocycles. The highest BCUT2D eigenvalue weighted by molar-refractivity contribution is 5.69. The summed E-state index contributed by atoms with van der Waals surface area (Å²) in [5, 5.41) is 7.74. The Labute approximate surface area is 194 Å². The molecule has 33 heavy (non-hydrogen) atoms. The maximum absolute atomic E-state index is 5.96. The van der Waals surface area contributed by atoms with Crippen LogP contribution in [-0.2, 0) is 6.61 Å². The van der Waals surface area contributed by atoms with Gasteiger partial charge in [0.1, 0.15) is 18.1 Å². The Balaban J connectivity index is 1.37. The number of rotatable bonds is 7. The van der Waals surface area contributed by atoms with Crippen molar-refractivity contribution in [1.82, 2.24) is 15.1 Å². The zero-order valence-corrected chi connectivity index (χ0v) is 19.0. The first-order valence-corrected chi connectivity index (χ1v) is 11.5. The highest BCUT2D eigenvalue weighted by atomic mass is 16.5. The van der Waals surface area contributed by atoms with Crippen molar-refractivity contribution in [2.75, 3.05) is 5.32 Å². The first-order valence-electron chi connectivity index (χ1n) is 11.5. The maximum atomic E-state index is 5.96. The molecular weight excluding hydrogens is 412 g/mol. The molecule has 2 aromatic carbocycles. The van der Waals surface area contributed by atoms with Crippen molar-refractivity contribution in [3.05, 3.63) is 83.4 Å². The summed E-state index contributed by atoms with van der Waals surface area (Å²) >= 11 is 0. The third kappa shape index (κ3) is 4.75. The van der Waals surface area contributed by atoms with Gasteiger partial charge in [0.15, 0.2) is 0 Å². The number of aryl methyl sites for hydroxylation is 2. The van der Waals surface area contributed by atoms with Crippen LogP contribution in [-0.4, -0.2) is 15.1 Å². The SMILES string of the molecule is Cc1cnc(Nc2cccc(OCc3ccccc3)c2)nc1-c1c(C2CCCC2)noc1C. The number of hydrogen-bond donors (Lipinski definition) is 1. The van der Waals surface area contributed by atoms with Crippen LogP contribution in [0.1, 0.15) is 54.2 Å². The monoisotopic (exact) mass is 440 g/mol. The number of ether oxygens (including phenoxy) is 1. The van der Waals surface area contributed by atoms with Crippen LogP contribution >= 0.6 is 0 Å². The summed E-state index contributed by atoms with van der Waals surface area (Å²) in [4.78, 5) is 9.37. The van der Waals surface area contributed by atoms with E-state index in [2.05, 4.69) is 27.6 Å². The van der Waals surface area contributed by atoms with E-state index < -0.39 is 0 Å². The lowest BCUT2D eigenvalue weighted by molar-refractivity contribution is 0.306. The maximum Gasteiger partial charge on any atom is 0.227 e. The van der Waals surface area contributed by atoms with Crippen molar-refractivity contribution in [1.29, 1.82) is 0 Å². The predicted molar refractivity (Wildman–Crippen MR) is 129 cm³/mol. The van der Waals surface area contributed by atoms with Crippen LogP contribution in [0.3, 0.4) is 0 Å². The third-order valence-corrected chi connectivity index (χ3v) is 6.18. The van der Waals surface area contributed by atoms with Gasteiger partial charge in [-0.3, -0.25) is 0 Å². The Morgan fingerprint density at radius 3 is 2.67 bits per heavy atom. The average molecular weight is 441 g/mol. The Hall–Kier alpha value is -3.67. The van der Waals surface area contributed by atoms with E-state index in [9.17, 15) is 0 Å². The largest absolute Gasteiger partial charge is 0.489 e. The van der Waals surface area contributed by atoms with E-state index in [1.165, 1.54) is 12.8 Å². The van der Waals surface area contributed by atoms with Crippen LogP contribution in [0.2, 0.25) is 0 Å². The lowest BCUT2D eigenvalue weighted by Gasteiger charge is -2.12. The van der Waals surface area contributed by atoms with Gasteiger partial charge in [-0.25, -0.2) is 9.97 Å². The average Bonchev–Trinajstić information content (AvgIpc) is 3.50. The van der Waals surface area contributed by atoms with Crippen LogP contribution in [0.5, 0.6) is 5.75 Å². The highest BCUT2D eigenvalue weighted by Gasteiger charge is 2.27. The van der Waals surface area contributed by atoms with E-state index >= 15 is 0 Å². The summed E-state index contributed by atoms with van der Waals surface area (Å²) in [6, 6.07) is 18.0. The van der Waals surface area contributed by atoms with Crippen molar-refractivity contribution < 1.29 is 9.26 Å². The molecule has 6 nitrogen and oxygen atoms in total. The third-order valence-electron chi connectivity index (χ3n) is 6.18. The van der Waals surface area contributed by atoms with Gasteiger partial charge in [0, 0.05) is 23.9 Å². The summed E-state index contributed by atoms with van der Waals surface area (Å²) in [7, 11) is 0. The number of aromatic nitrogens is 3. The lowest BCUT2D eigenvalue weighted by Crippen LogP contribution is -2.03. The Kier molecular flexibility index (Phi) is 6.07. The van der Waals surface area contributed by atoms with Crippen molar-refractivity contribution in [2.24, 2.45) is 0 Å². The number of benzene rings is 2. The predicted octanol–water partition coefficient (Wildman–Crippen LogP) is 6.73. The molecule has 2 heterocycles. The molecule has 0 amide bonds. The van der Waals surface area contributed by atoms with Gasteiger partial charge in [-0.2, -0.15) is 0 Å². The van der Waals surface area contributed by atoms with Crippen LogP contribution in [0.25, 0.3) is 11.3 Å². The van der Waals surface area contributed by atoms with Crippen molar-refractivity contribution in [3.8, 4) is 17.0 Å². The van der Waals surface area contributed by atoms with Crippen molar-refractivity contribution in [3.63, 3.8) is 0 Å². The van der Waals surface area contributed by atoms with Gasteiger partial charge in [-0.05, 0) is 49.9 Å². The highest BCUT2D eigenvalue weighted by Crippen LogP contribution is 2.40. The fourth-order valence-electron chi connectivity index (χ4n) is 4.44. The zero-order valence-electron chi connectivity index (χ0n) is 19.0. The molecule has 0 bridgehead atoms. The lowest BCUT2D eigenvalue weighted by atomic mass is 9.96. The van der Waals surface area contributed by atoms with Crippen LogP contribution < -0.4 is 10.1 Å². The number of hydrogen-bond acceptors (Lipinski definition) is 6. The number of nitrogens with zero attached hydrogens (tertiary/aromatic N) is 3.